The van der Waals surface area contributed by atoms with Gasteiger partial charge in [0, 0.05) is 12.8 Å². The van der Waals surface area contributed by atoms with Crippen LogP contribution >= 0.6 is 0 Å². The standard InChI is InChI=1S/C13H23NO3/c1-4-6-7-8-9-14-10-12(11(3)15)13(16)17-5-2/h10,15H,4-9H2,1-3H3/b12-11+,14-10?. The normalized spacial score (nSPS) is 12.6. The molecule has 0 rings (SSSR count). The van der Waals surface area contributed by atoms with E-state index in [0.717, 1.165) is 12.8 Å². The van der Waals surface area contributed by atoms with E-state index in [0.29, 0.717) is 13.2 Å². The Hall–Kier alpha value is -1.32. The maximum atomic E-state index is 11.4. The van der Waals surface area contributed by atoms with E-state index in [9.17, 15) is 9.90 Å². The Morgan fingerprint density at radius 3 is 2.53 bits per heavy atom. The Morgan fingerprint density at radius 2 is 2.00 bits per heavy atom. The summed E-state index contributed by atoms with van der Waals surface area (Å²) in [6, 6.07) is 0. The zero-order valence-corrected chi connectivity index (χ0v) is 11.0. The third-order valence-corrected chi connectivity index (χ3v) is 2.25. The fraction of sp³-hybridized carbons (Fsp3) is 0.692. The molecule has 0 atom stereocenters. The van der Waals surface area contributed by atoms with E-state index in [2.05, 4.69) is 11.9 Å². The number of aliphatic hydroxyl groups excluding tert-OH is 1. The number of hydrogen-bond acceptors (Lipinski definition) is 4. The van der Waals surface area contributed by atoms with Gasteiger partial charge in [0.2, 0.25) is 0 Å². The van der Waals surface area contributed by atoms with Crippen LogP contribution in [0.4, 0.5) is 0 Å². The summed E-state index contributed by atoms with van der Waals surface area (Å²) in [6.45, 7) is 6.30. The van der Waals surface area contributed by atoms with E-state index in [1.807, 2.05) is 0 Å². The lowest BCUT2D eigenvalue weighted by Gasteiger charge is -2.03. The van der Waals surface area contributed by atoms with Crippen molar-refractivity contribution < 1.29 is 14.6 Å². The van der Waals surface area contributed by atoms with Gasteiger partial charge in [-0.25, -0.2) is 4.79 Å². The number of aliphatic hydroxyl groups is 1. The first-order valence-corrected chi connectivity index (χ1v) is 6.20. The summed E-state index contributed by atoms with van der Waals surface area (Å²) < 4.78 is 4.81. The molecule has 0 saturated carbocycles. The predicted molar refractivity (Wildman–Crippen MR) is 69.5 cm³/mol. The van der Waals surface area contributed by atoms with Gasteiger partial charge in [0.1, 0.15) is 11.3 Å². The molecule has 0 saturated heterocycles. The van der Waals surface area contributed by atoms with Crippen LogP contribution in [0.15, 0.2) is 16.3 Å². The van der Waals surface area contributed by atoms with E-state index < -0.39 is 5.97 Å². The summed E-state index contributed by atoms with van der Waals surface area (Å²) in [5.41, 5.74) is 0.141. The van der Waals surface area contributed by atoms with Crippen molar-refractivity contribution in [2.24, 2.45) is 4.99 Å². The van der Waals surface area contributed by atoms with Crippen LogP contribution in [0.1, 0.15) is 46.5 Å². The fourth-order valence-corrected chi connectivity index (χ4v) is 1.29. The Morgan fingerprint density at radius 1 is 1.29 bits per heavy atom. The zero-order valence-electron chi connectivity index (χ0n) is 11.0. The molecular weight excluding hydrogens is 218 g/mol. The maximum absolute atomic E-state index is 11.4. The first kappa shape index (κ1) is 15.7. The van der Waals surface area contributed by atoms with Gasteiger partial charge < -0.3 is 9.84 Å². The predicted octanol–water partition coefficient (Wildman–Crippen LogP) is 3.03. The van der Waals surface area contributed by atoms with Gasteiger partial charge in [-0.05, 0) is 20.3 Å². The highest BCUT2D eigenvalue weighted by Gasteiger charge is 2.11. The molecule has 0 aromatic carbocycles. The first-order chi connectivity index (χ1) is 8.13. The number of esters is 1. The minimum absolute atomic E-state index is 0.0549. The number of ether oxygens (including phenoxy) is 1. The van der Waals surface area contributed by atoms with Gasteiger partial charge in [-0.15, -0.1) is 0 Å². The Balaban J connectivity index is 4.15. The smallest absolute Gasteiger partial charge is 0.343 e. The average molecular weight is 241 g/mol. The molecule has 17 heavy (non-hydrogen) atoms. The molecule has 4 nitrogen and oxygen atoms in total. The summed E-state index contributed by atoms with van der Waals surface area (Å²) in [4.78, 5) is 15.5. The fourth-order valence-electron chi connectivity index (χ4n) is 1.29. The second kappa shape index (κ2) is 9.87. The molecule has 1 N–H and O–H groups in total. The van der Waals surface area contributed by atoms with Crippen molar-refractivity contribution >= 4 is 12.2 Å². The molecule has 0 aliphatic rings. The SMILES string of the molecule is CCCCCCN=C/C(C(=O)OCC)=C(/C)O. The number of aliphatic imine (C=N–C) groups is 1. The molecule has 0 radical (unpaired) electrons. The number of carbonyl (C=O) groups is 1. The van der Waals surface area contributed by atoms with Crippen LogP contribution in [0.3, 0.4) is 0 Å². The van der Waals surface area contributed by atoms with Gasteiger partial charge in [0.05, 0.1) is 6.61 Å². The lowest BCUT2D eigenvalue weighted by Crippen LogP contribution is -2.11. The highest BCUT2D eigenvalue weighted by Crippen LogP contribution is 2.03. The lowest BCUT2D eigenvalue weighted by atomic mass is 10.2. The van der Waals surface area contributed by atoms with Crippen molar-refractivity contribution in [3.8, 4) is 0 Å². The van der Waals surface area contributed by atoms with Crippen LogP contribution in [0.2, 0.25) is 0 Å². The highest BCUT2D eigenvalue weighted by atomic mass is 16.5. The largest absolute Gasteiger partial charge is 0.512 e. The van der Waals surface area contributed by atoms with E-state index in [-0.39, 0.29) is 11.3 Å². The minimum atomic E-state index is -0.523. The molecular formula is C13H23NO3. The number of unbranched alkanes of at least 4 members (excludes halogenated alkanes) is 3. The molecule has 0 spiro atoms. The molecule has 0 bridgehead atoms. The number of allylic oxidation sites excluding steroid dienone is 1. The zero-order chi connectivity index (χ0) is 13.1. The van der Waals surface area contributed by atoms with Crippen LogP contribution in [-0.2, 0) is 9.53 Å². The monoisotopic (exact) mass is 241 g/mol. The Kier molecular flexibility index (Phi) is 9.11. The average Bonchev–Trinajstić information content (AvgIpc) is 2.27. The lowest BCUT2D eigenvalue weighted by molar-refractivity contribution is -0.138. The van der Waals surface area contributed by atoms with Crippen molar-refractivity contribution in [2.45, 2.75) is 46.5 Å². The van der Waals surface area contributed by atoms with Gasteiger partial charge in [0.25, 0.3) is 0 Å². The minimum Gasteiger partial charge on any atom is -0.512 e. The molecule has 0 heterocycles. The second-order valence-electron chi connectivity index (χ2n) is 3.82. The first-order valence-electron chi connectivity index (χ1n) is 6.20. The molecule has 0 aliphatic heterocycles. The van der Waals surface area contributed by atoms with Crippen LogP contribution in [-0.4, -0.2) is 30.4 Å². The van der Waals surface area contributed by atoms with Gasteiger partial charge in [0.15, 0.2) is 0 Å². The van der Waals surface area contributed by atoms with Gasteiger partial charge in [-0.1, -0.05) is 26.2 Å². The maximum Gasteiger partial charge on any atom is 0.343 e. The molecule has 0 aromatic heterocycles. The van der Waals surface area contributed by atoms with Gasteiger partial charge in [-0.2, -0.15) is 0 Å². The van der Waals surface area contributed by atoms with Gasteiger partial charge >= 0.3 is 5.97 Å². The van der Waals surface area contributed by atoms with Crippen LogP contribution < -0.4 is 0 Å². The Labute approximate surface area is 103 Å². The summed E-state index contributed by atoms with van der Waals surface area (Å²) in [5.74, 6) is -0.578. The van der Waals surface area contributed by atoms with E-state index in [1.165, 1.54) is 26.0 Å². The summed E-state index contributed by atoms with van der Waals surface area (Å²) in [7, 11) is 0. The van der Waals surface area contributed by atoms with Crippen LogP contribution in [0, 0.1) is 0 Å². The van der Waals surface area contributed by atoms with Crippen molar-refractivity contribution in [3.05, 3.63) is 11.3 Å². The molecule has 0 amide bonds. The quantitative estimate of drug-likeness (QED) is 0.233. The molecule has 98 valence electrons. The molecule has 0 aromatic rings. The third-order valence-electron chi connectivity index (χ3n) is 2.25. The van der Waals surface area contributed by atoms with Crippen LogP contribution in [0.25, 0.3) is 0 Å². The molecule has 0 fully saturated rings. The van der Waals surface area contributed by atoms with Crippen molar-refractivity contribution in [3.63, 3.8) is 0 Å². The summed E-state index contributed by atoms with van der Waals surface area (Å²) in [6.07, 6.45) is 5.94. The highest BCUT2D eigenvalue weighted by molar-refractivity contribution is 6.09. The number of nitrogens with zero attached hydrogens (tertiary/aromatic N) is 1. The summed E-state index contributed by atoms with van der Waals surface area (Å²) in [5, 5.41) is 9.34. The topological polar surface area (TPSA) is 58.9 Å². The number of rotatable bonds is 8. The van der Waals surface area contributed by atoms with Crippen molar-refractivity contribution in [2.75, 3.05) is 13.2 Å². The molecule has 4 heteroatoms. The number of hydrogen-bond donors (Lipinski definition) is 1. The van der Waals surface area contributed by atoms with E-state index >= 15 is 0 Å². The summed E-state index contributed by atoms with van der Waals surface area (Å²) >= 11 is 0. The van der Waals surface area contributed by atoms with Crippen molar-refractivity contribution in [1.82, 2.24) is 0 Å². The van der Waals surface area contributed by atoms with E-state index in [1.54, 1.807) is 6.92 Å². The number of carbonyl (C=O) groups excluding carboxylic acids is 1. The van der Waals surface area contributed by atoms with Gasteiger partial charge in [-0.3, -0.25) is 4.99 Å². The Bertz CT molecular complexity index is 278. The van der Waals surface area contributed by atoms with Crippen molar-refractivity contribution in [1.29, 1.82) is 0 Å². The molecule has 0 unspecified atom stereocenters. The molecule has 0 aliphatic carbocycles. The second-order valence-corrected chi connectivity index (χ2v) is 3.82. The van der Waals surface area contributed by atoms with Crippen LogP contribution in [0.5, 0.6) is 0 Å². The third kappa shape index (κ3) is 7.55. The van der Waals surface area contributed by atoms with E-state index in [4.69, 9.17) is 4.74 Å².